The summed E-state index contributed by atoms with van der Waals surface area (Å²) in [6.07, 6.45) is 2.90. The molecule has 7 nitrogen and oxygen atoms in total. The first-order valence-corrected chi connectivity index (χ1v) is 14.1. The number of piperazine rings is 1. The van der Waals surface area contributed by atoms with Crippen molar-refractivity contribution in [3.63, 3.8) is 0 Å². The monoisotopic (exact) mass is 519 g/mol. The first-order chi connectivity index (χ1) is 18.5. The van der Waals surface area contributed by atoms with Crippen LogP contribution in [-0.2, 0) is 20.7 Å². The Kier molecular flexibility index (Phi) is 8.34. The van der Waals surface area contributed by atoms with E-state index in [9.17, 15) is 9.59 Å². The van der Waals surface area contributed by atoms with Gasteiger partial charge in [0.2, 0.25) is 5.91 Å². The highest BCUT2D eigenvalue weighted by Crippen LogP contribution is 2.41. The molecule has 5 rings (SSSR count). The van der Waals surface area contributed by atoms with Gasteiger partial charge in [0.05, 0.1) is 12.6 Å². The quantitative estimate of drug-likeness (QED) is 0.504. The maximum Gasteiger partial charge on any atom is 0.263 e. The molecular formula is C31H41N3O4. The number of benzene rings is 2. The minimum Gasteiger partial charge on any atom is -0.481 e. The average Bonchev–Trinajstić information content (AvgIpc) is 3.79. The van der Waals surface area contributed by atoms with Crippen LogP contribution in [0.5, 0.6) is 5.75 Å². The third-order valence-electron chi connectivity index (χ3n) is 8.13. The summed E-state index contributed by atoms with van der Waals surface area (Å²) in [5.74, 6) is 1.18. The molecule has 2 fully saturated rings. The van der Waals surface area contributed by atoms with Crippen LogP contribution < -0.4 is 4.74 Å². The lowest BCUT2D eigenvalue weighted by Crippen LogP contribution is -2.52. The lowest BCUT2D eigenvalue weighted by Gasteiger charge is -2.38. The van der Waals surface area contributed by atoms with Gasteiger partial charge in [-0.2, -0.15) is 0 Å². The normalized spacial score (nSPS) is 20.7. The van der Waals surface area contributed by atoms with Crippen LogP contribution >= 0.6 is 0 Å². The number of ether oxygens (including phenoxy) is 2. The lowest BCUT2D eigenvalue weighted by atomic mass is 9.87. The molecular weight excluding hydrogens is 478 g/mol. The van der Waals surface area contributed by atoms with Crippen LogP contribution in [0.1, 0.15) is 54.5 Å². The summed E-state index contributed by atoms with van der Waals surface area (Å²) in [6, 6.07) is 14.5. The second-order valence-corrected chi connectivity index (χ2v) is 10.9. The molecule has 3 aliphatic rings. The van der Waals surface area contributed by atoms with Crippen LogP contribution in [0.2, 0.25) is 0 Å². The average molecular weight is 520 g/mol. The predicted octanol–water partition coefficient (Wildman–Crippen LogP) is 3.83. The molecule has 204 valence electrons. The molecule has 38 heavy (non-hydrogen) atoms. The third-order valence-corrected chi connectivity index (χ3v) is 8.13. The maximum atomic E-state index is 13.4. The van der Waals surface area contributed by atoms with Crippen molar-refractivity contribution in [1.82, 2.24) is 14.7 Å². The van der Waals surface area contributed by atoms with Crippen molar-refractivity contribution < 1.29 is 19.1 Å². The Morgan fingerprint density at radius 3 is 2.50 bits per heavy atom. The molecule has 0 N–H and O–H groups in total. The number of amides is 2. The smallest absolute Gasteiger partial charge is 0.263 e. The van der Waals surface area contributed by atoms with E-state index in [4.69, 9.17) is 9.47 Å². The summed E-state index contributed by atoms with van der Waals surface area (Å²) in [5, 5.41) is 0. The molecule has 1 aliphatic carbocycles. The Balaban J connectivity index is 1.35. The number of hydrogen-bond acceptors (Lipinski definition) is 5. The number of hydrogen-bond donors (Lipinski definition) is 0. The van der Waals surface area contributed by atoms with E-state index in [1.54, 1.807) is 7.11 Å². The van der Waals surface area contributed by atoms with E-state index in [1.807, 2.05) is 17.9 Å². The van der Waals surface area contributed by atoms with Crippen LogP contribution in [0.15, 0.2) is 42.5 Å². The summed E-state index contributed by atoms with van der Waals surface area (Å²) in [4.78, 5) is 33.1. The molecule has 0 radical (unpaired) electrons. The van der Waals surface area contributed by atoms with E-state index >= 15 is 0 Å². The van der Waals surface area contributed by atoms with E-state index in [2.05, 4.69) is 53.1 Å². The Hall–Kier alpha value is -2.90. The van der Waals surface area contributed by atoms with Crippen LogP contribution in [0.3, 0.4) is 0 Å². The van der Waals surface area contributed by atoms with Crippen molar-refractivity contribution in [3.8, 4) is 5.75 Å². The fourth-order valence-electron chi connectivity index (χ4n) is 5.76. The first kappa shape index (κ1) is 26.7. The van der Waals surface area contributed by atoms with Crippen LogP contribution in [0.25, 0.3) is 0 Å². The van der Waals surface area contributed by atoms with Gasteiger partial charge >= 0.3 is 0 Å². The molecule has 2 heterocycles. The molecule has 2 aromatic rings. The van der Waals surface area contributed by atoms with Crippen molar-refractivity contribution in [2.45, 2.75) is 51.7 Å². The Labute approximate surface area is 226 Å². The Morgan fingerprint density at radius 1 is 1.03 bits per heavy atom. The fraction of sp³-hybridized carbons (Fsp3) is 0.548. The van der Waals surface area contributed by atoms with E-state index < -0.39 is 6.10 Å². The maximum absolute atomic E-state index is 13.4. The van der Waals surface area contributed by atoms with Crippen LogP contribution in [0, 0.1) is 12.8 Å². The standard InChI is InChI=1S/C31H41N3O4/c1-4-28(31(36)33-16-14-32(15-17-33)18-19-37-3)38-26-11-10-23-12-13-34(30(35)24-8-9-24)29(27(23)21-26)25-7-5-6-22(2)20-25/h5-7,10-11,20-21,24,28-29H,4,8-9,12-19H2,1-3H3/t28-,29+/m0/s1. The zero-order valence-corrected chi connectivity index (χ0v) is 23.0. The van der Waals surface area contributed by atoms with Crippen molar-refractivity contribution in [3.05, 3.63) is 64.7 Å². The van der Waals surface area contributed by atoms with Crippen molar-refractivity contribution in [2.75, 3.05) is 53.0 Å². The molecule has 0 unspecified atom stereocenters. The van der Waals surface area contributed by atoms with Gasteiger partial charge < -0.3 is 19.3 Å². The molecule has 2 aromatic carbocycles. The summed E-state index contributed by atoms with van der Waals surface area (Å²) < 4.78 is 11.6. The van der Waals surface area contributed by atoms with Gasteiger partial charge in [-0.25, -0.2) is 0 Å². The summed E-state index contributed by atoms with van der Waals surface area (Å²) >= 11 is 0. The fourth-order valence-corrected chi connectivity index (χ4v) is 5.76. The summed E-state index contributed by atoms with van der Waals surface area (Å²) in [7, 11) is 1.72. The van der Waals surface area contributed by atoms with Gasteiger partial charge in [-0.15, -0.1) is 0 Å². The first-order valence-electron chi connectivity index (χ1n) is 14.1. The topological polar surface area (TPSA) is 62.3 Å². The molecule has 1 saturated carbocycles. The molecule has 0 spiro atoms. The van der Waals surface area contributed by atoms with E-state index in [-0.39, 0.29) is 23.8 Å². The highest BCUT2D eigenvalue weighted by molar-refractivity contribution is 5.83. The number of methoxy groups -OCH3 is 1. The number of nitrogens with zero attached hydrogens (tertiary/aromatic N) is 3. The van der Waals surface area contributed by atoms with E-state index in [0.29, 0.717) is 31.9 Å². The number of carbonyl (C=O) groups excluding carboxylic acids is 2. The van der Waals surface area contributed by atoms with Gasteiger partial charge in [-0.3, -0.25) is 14.5 Å². The Morgan fingerprint density at radius 2 is 1.82 bits per heavy atom. The Bertz CT molecular complexity index is 1140. The van der Waals surface area contributed by atoms with Crippen molar-refractivity contribution in [2.24, 2.45) is 5.92 Å². The van der Waals surface area contributed by atoms with Crippen LogP contribution in [-0.4, -0.2) is 85.6 Å². The number of carbonyl (C=O) groups is 2. The number of aryl methyl sites for hydroxylation is 1. The molecule has 2 amide bonds. The highest BCUT2D eigenvalue weighted by Gasteiger charge is 2.40. The highest BCUT2D eigenvalue weighted by atomic mass is 16.5. The number of fused-ring (bicyclic) bond motifs is 1. The van der Waals surface area contributed by atoms with Gasteiger partial charge in [0.25, 0.3) is 5.91 Å². The van der Waals surface area contributed by atoms with Gasteiger partial charge in [0, 0.05) is 52.3 Å². The molecule has 0 aromatic heterocycles. The van der Waals surface area contributed by atoms with Gasteiger partial charge in [-0.1, -0.05) is 42.8 Å². The number of rotatable bonds is 9. The van der Waals surface area contributed by atoms with Crippen molar-refractivity contribution in [1.29, 1.82) is 0 Å². The van der Waals surface area contributed by atoms with Crippen molar-refractivity contribution >= 4 is 11.8 Å². The zero-order valence-electron chi connectivity index (χ0n) is 23.0. The lowest BCUT2D eigenvalue weighted by molar-refractivity contribution is -0.140. The summed E-state index contributed by atoms with van der Waals surface area (Å²) in [5.41, 5.74) is 4.67. The van der Waals surface area contributed by atoms with Gasteiger partial charge in [-0.05, 0) is 61.4 Å². The van der Waals surface area contributed by atoms with E-state index in [1.165, 1.54) is 11.1 Å². The summed E-state index contributed by atoms with van der Waals surface area (Å²) in [6.45, 7) is 9.55. The van der Waals surface area contributed by atoms with Gasteiger partial charge in [0.1, 0.15) is 5.75 Å². The largest absolute Gasteiger partial charge is 0.481 e. The zero-order chi connectivity index (χ0) is 26.6. The van der Waals surface area contributed by atoms with Crippen LogP contribution in [0.4, 0.5) is 0 Å². The minimum atomic E-state index is -0.524. The third kappa shape index (κ3) is 5.89. The second kappa shape index (κ2) is 11.9. The predicted molar refractivity (Wildman–Crippen MR) is 147 cm³/mol. The molecule has 2 atom stereocenters. The van der Waals surface area contributed by atoms with E-state index in [0.717, 1.165) is 56.6 Å². The molecule has 0 bridgehead atoms. The molecule has 7 heteroatoms. The second-order valence-electron chi connectivity index (χ2n) is 10.9. The minimum absolute atomic E-state index is 0.0531. The molecule has 2 aliphatic heterocycles. The SMILES string of the molecule is CC[C@H](Oc1ccc2c(c1)[C@@H](c1cccc(C)c1)N(C(=O)C1CC1)CC2)C(=O)N1CCN(CCOC)CC1. The van der Waals surface area contributed by atoms with Gasteiger partial charge in [0.15, 0.2) is 6.10 Å². The molecule has 1 saturated heterocycles.